The molecule has 2 aromatic carbocycles. The van der Waals surface area contributed by atoms with E-state index in [0.717, 1.165) is 11.1 Å². The summed E-state index contributed by atoms with van der Waals surface area (Å²) in [6.07, 6.45) is -0.548. The van der Waals surface area contributed by atoms with Gasteiger partial charge in [0.15, 0.2) is 0 Å². The molecule has 0 spiro atoms. The molecule has 0 N–H and O–H groups in total. The Morgan fingerprint density at radius 3 is 2.04 bits per heavy atom. The maximum absolute atomic E-state index is 12.6. The number of nitrogens with zero attached hydrogens (tertiary/aromatic N) is 1. The molecule has 1 atom stereocenters. The van der Waals surface area contributed by atoms with Crippen LogP contribution in [-0.2, 0) is 27.4 Å². The van der Waals surface area contributed by atoms with Gasteiger partial charge < -0.3 is 9.47 Å². The Morgan fingerprint density at radius 2 is 1.48 bits per heavy atom. The average Bonchev–Trinajstić information content (AvgIpc) is 2.65. The van der Waals surface area contributed by atoms with Gasteiger partial charge in [0.25, 0.3) is 0 Å². The van der Waals surface area contributed by atoms with Crippen LogP contribution < -0.4 is 0 Å². The monoisotopic (exact) mass is 341 g/mol. The average molecular weight is 341 g/mol. The summed E-state index contributed by atoms with van der Waals surface area (Å²) in [6.45, 7) is 4.07. The number of amides is 1. The first-order chi connectivity index (χ1) is 12.1. The van der Waals surface area contributed by atoms with Gasteiger partial charge in [0, 0.05) is 6.54 Å². The molecule has 0 aliphatic carbocycles. The highest BCUT2D eigenvalue weighted by Gasteiger charge is 2.28. The molecule has 0 fully saturated rings. The summed E-state index contributed by atoms with van der Waals surface area (Å²) in [4.78, 5) is 26.0. The number of hydrogen-bond acceptors (Lipinski definition) is 4. The van der Waals surface area contributed by atoms with Crippen LogP contribution in [0.4, 0.5) is 4.79 Å². The van der Waals surface area contributed by atoms with Crippen molar-refractivity contribution >= 4 is 12.1 Å². The van der Waals surface area contributed by atoms with E-state index in [1.54, 1.807) is 13.8 Å². The molecule has 1 unspecified atom stereocenters. The summed E-state index contributed by atoms with van der Waals surface area (Å²) in [7, 11) is 0. The summed E-state index contributed by atoms with van der Waals surface area (Å²) in [5.74, 6) is -0.449. The Labute approximate surface area is 148 Å². The molecule has 132 valence electrons. The van der Waals surface area contributed by atoms with Crippen molar-refractivity contribution in [3.63, 3.8) is 0 Å². The minimum absolute atomic E-state index is 0.153. The lowest BCUT2D eigenvalue weighted by atomic mass is 10.2. The van der Waals surface area contributed by atoms with Crippen LogP contribution in [0.15, 0.2) is 60.7 Å². The lowest BCUT2D eigenvalue weighted by Gasteiger charge is -2.27. The zero-order valence-electron chi connectivity index (χ0n) is 14.6. The first kappa shape index (κ1) is 18.5. The van der Waals surface area contributed by atoms with Gasteiger partial charge in [-0.05, 0) is 25.0 Å². The molecule has 0 saturated carbocycles. The van der Waals surface area contributed by atoms with Crippen LogP contribution in [0.3, 0.4) is 0 Å². The fraction of sp³-hybridized carbons (Fsp3) is 0.300. The fourth-order valence-corrected chi connectivity index (χ4v) is 2.33. The van der Waals surface area contributed by atoms with Crippen molar-refractivity contribution in [3.8, 4) is 0 Å². The van der Waals surface area contributed by atoms with E-state index < -0.39 is 18.1 Å². The second kappa shape index (κ2) is 9.47. The van der Waals surface area contributed by atoms with Gasteiger partial charge in [-0.3, -0.25) is 4.90 Å². The van der Waals surface area contributed by atoms with Gasteiger partial charge >= 0.3 is 12.1 Å². The van der Waals surface area contributed by atoms with Gasteiger partial charge in [-0.1, -0.05) is 60.7 Å². The summed E-state index contributed by atoms with van der Waals surface area (Å²) >= 11 is 0. The van der Waals surface area contributed by atoms with E-state index in [1.165, 1.54) is 4.90 Å². The molecular formula is C20H23NO4. The Morgan fingerprint density at radius 1 is 0.920 bits per heavy atom. The number of carbonyl (C=O) groups excluding carboxylic acids is 2. The molecule has 2 aromatic rings. The van der Waals surface area contributed by atoms with Crippen molar-refractivity contribution in [2.45, 2.75) is 33.0 Å². The summed E-state index contributed by atoms with van der Waals surface area (Å²) in [5.41, 5.74) is 1.80. The number of benzene rings is 2. The van der Waals surface area contributed by atoms with E-state index in [9.17, 15) is 9.59 Å². The van der Waals surface area contributed by atoms with Crippen LogP contribution in [0.1, 0.15) is 25.0 Å². The quantitative estimate of drug-likeness (QED) is 0.719. The summed E-state index contributed by atoms with van der Waals surface area (Å²) < 4.78 is 10.4. The number of rotatable bonds is 7. The molecule has 0 aromatic heterocycles. The van der Waals surface area contributed by atoms with E-state index in [0.29, 0.717) is 0 Å². The third-order valence-electron chi connectivity index (χ3n) is 3.73. The minimum Gasteiger partial charge on any atom is -0.464 e. The maximum Gasteiger partial charge on any atom is 0.411 e. The topological polar surface area (TPSA) is 55.8 Å². The van der Waals surface area contributed by atoms with Crippen LogP contribution in [-0.4, -0.2) is 29.6 Å². The lowest BCUT2D eigenvalue weighted by molar-refractivity contribution is -0.148. The SMILES string of the molecule is CCOC(=O)C(C)N(Cc1ccccc1)C(=O)OCc1ccccc1. The third kappa shape index (κ3) is 5.64. The van der Waals surface area contributed by atoms with E-state index in [-0.39, 0.29) is 19.8 Å². The van der Waals surface area contributed by atoms with Crippen molar-refractivity contribution in [1.29, 1.82) is 0 Å². The lowest BCUT2D eigenvalue weighted by Crippen LogP contribution is -2.43. The predicted octanol–water partition coefficient (Wildman–Crippen LogP) is 3.78. The first-order valence-electron chi connectivity index (χ1n) is 8.29. The predicted molar refractivity (Wildman–Crippen MR) is 94.7 cm³/mol. The van der Waals surface area contributed by atoms with Crippen LogP contribution >= 0.6 is 0 Å². The van der Waals surface area contributed by atoms with Gasteiger partial charge in [-0.15, -0.1) is 0 Å². The van der Waals surface area contributed by atoms with Crippen LogP contribution in [0.2, 0.25) is 0 Å². The number of hydrogen-bond donors (Lipinski definition) is 0. The molecule has 0 aliphatic heterocycles. The molecule has 2 rings (SSSR count). The van der Waals surface area contributed by atoms with Crippen molar-refractivity contribution in [3.05, 3.63) is 71.8 Å². The van der Waals surface area contributed by atoms with E-state index in [4.69, 9.17) is 9.47 Å². The zero-order chi connectivity index (χ0) is 18.1. The van der Waals surface area contributed by atoms with Crippen molar-refractivity contribution in [2.75, 3.05) is 6.61 Å². The van der Waals surface area contributed by atoms with E-state index >= 15 is 0 Å². The molecule has 5 heteroatoms. The maximum atomic E-state index is 12.6. The Balaban J connectivity index is 2.09. The molecule has 5 nitrogen and oxygen atoms in total. The van der Waals surface area contributed by atoms with Gasteiger partial charge in [0.2, 0.25) is 0 Å². The van der Waals surface area contributed by atoms with Crippen LogP contribution in [0, 0.1) is 0 Å². The Hall–Kier alpha value is -2.82. The second-order valence-electron chi connectivity index (χ2n) is 5.58. The smallest absolute Gasteiger partial charge is 0.411 e. The molecule has 0 radical (unpaired) electrons. The standard InChI is InChI=1S/C20H23NO4/c1-3-24-19(22)16(2)21(14-17-10-6-4-7-11-17)20(23)25-15-18-12-8-5-9-13-18/h4-13,16H,3,14-15H2,1-2H3. The summed E-state index contributed by atoms with van der Waals surface area (Å²) in [6, 6.07) is 18.2. The van der Waals surface area contributed by atoms with Crippen LogP contribution in [0.25, 0.3) is 0 Å². The molecule has 0 bridgehead atoms. The second-order valence-corrected chi connectivity index (χ2v) is 5.58. The Bertz CT molecular complexity index is 673. The van der Waals surface area contributed by atoms with Crippen molar-refractivity contribution in [2.24, 2.45) is 0 Å². The molecule has 0 aliphatic rings. The molecule has 1 amide bonds. The molecule has 25 heavy (non-hydrogen) atoms. The number of esters is 1. The number of carbonyl (C=O) groups is 2. The molecule has 0 heterocycles. The van der Waals surface area contributed by atoms with Crippen molar-refractivity contribution in [1.82, 2.24) is 4.90 Å². The molecule has 0 saturated heterocycles. The number of ether oxygens (including phenoxy) is 2. The first-order valence-corrected chi connectivity index (χ1v) is 8.29. The highest BCUT2D eigenvalue weighted by molar-refractivity contribution is 5.81. The normalized spacial score (nSPS) is 11.4. The highest BCUT2D eigenvalue weighted by atomic mass is 16.6. The van der Waals surface area contributed by atoms with Gasteiger partial charge in [-0.2, -0.15) is 0 Å². The largest absolute Gasteiger partial charge is 0.464 e. The van der Waals surface area contributed by atoms with Gasteiger partial charge in [-0.25, -0.2) is 9.59 Å². The van der Waals surface area contributed by atoms with Gasteiger partial charge in [0.05, 0.1) is 6.61 Å². The van der Waals surface area contributed by atoms with Crippen LogP contribution in [0.5, 0.6) is 0 Å². The van der Waals surface area contributed by atoms with Crippen molar-refractivity contribution < 1.29 is 19.1 Å². The highest BCUT2D eigenvalue weighted by Crippen LogP contribution is 2.13. The van der Waals surface area contributed by atoms with E-state index in [1.807, 2.05) is 60.7 Å². The molecular weight excluding hydrogens is 318 g/mol. The minimum atomic E-state index is -0.733. The van der Waals surface area contributed by atoms with E-state index in [2.05, 4.69) is 0 Å². The van der Waals surface area contributed by atoms with Gasteiger partial charge in [0.1, 0.15) is 12.6 Å². The zero-order valence-corrected chi connectivity index (χ0v) is 14.6. The fourth-order valence-electron chi connectivity index (χ4n) is 2.33. The third-order valence-corrected chi connectivity index (χ3v) is 3.73. The Kier molecular flexibility index (Phi) is 7.01. The summed E-state index contributed by atoms with van der Waals surface area (Å²) in [5, 5.41) is 0.